The maximum Gasteiger partial charge on any atom is 0.320 e. The third-order valence-electron chi connectivity index (χ3n) is 4.68. The van der Waals surface area contributed by atoms with Crippen LogP contribution in [0, 0.1) is 11.6 Å². The van der Waals surface area contributed by atoms with Gasteiger partial charge >= 0.3 is 5.97 Å². The number of hydrogen-bond acceptors (Lipinski definition) is 2. The standard InChI is InChI=1S/C19H17Cl2F2NO2/c20-14-7-4-11(9-15(14)21)18(13-6-5-12(22)10-16(13)23)24-8-2-1-3-17(24)19(25)26/h4-7,9-10,17-18H,1-3,8H2,(H,25,26). The maximum atomic E-state index is 14.6. The molecular weight excluding hydrogens is 383 g/mol. The van der Waals surface area contributed by atoms with Crippen molar-refractivity contribution in [3.8, 4) is 0 Å². The van der Waals surface area contributed by atoms with Gasteiger partial charge in [-0.3, -0.25) is 9.69 Å². The van der Waals surface area contributed by atoms with Crippen LogP contribution in [0.25, 0.3) is 0 Å². The maximum absolute atomic E-state index is 14.6. The van der Waals surface area contributed by atoms with Gasteiger partial charge in [-0.15, -0.1) is 0 Å². The highest BCUT2D eigenvalue weighted by Gasteiger charge is 2.36. The third kappa shape index (κ3) is 3.85. The Morgan fingerprint density at radius 3 is 2.54 bits per heavy atom. The molecular formula is C19H17Cl2F2NO2. The van der Waals surface area contributed by atoms with E-state index in [0.717, 1.165) is 18.9 Å². The molecule has 138 valence electrons. The number of nitrogens with zero attached hydrogens (tertiary/aromatic N) is 1. The zero-order chi connectivity index (χ0) is 18.8. The van der Waals surface area contributed by atoms with Crippen LogP contribution >= 0.6 is 23.2 Å². The monoisotopic (exact) mass is 399 g/mol. The average Bonchev–Trinajstić information content (AvgIpc) is 2.60. The largest absolute Gasteiger partial charge is 0.480 e. The van der Waals surface area contributed by atoms with Crippen LogP contribution in [0.2, 0.25) is 10.0 Å². The summed E-state index contributed by atoms with van der Waals surface area (Å²) in [7, 11) is 0. The SMILES string of the molecule is O=C(O)C1CCCCN1C(c1ccc(Cl)c(Cl)c1)c1ccc(F)cc1F. The highest BCUT2D eigenvalue weighted by atomic mass is 35.5. The molecule has 1 aliphatic rings. The smallest absolute Gasteiger partial charge is 0.320 e. The lowest BCUT2D eigenvalue weighted by atomic mass is 9.91. The number of benzene rings is 2. The Bertz CT molecular complexity index is 831. The Labute approximate surface area is 160 Å². The number of likely N-dealkylation sites (tertiary alicyclic amines) is 1. The Morgan fingerprint density at radius 1 is 1.12 bits per heavy atom. The van der Waals surface area contributed by atoms with Gasteiger partial charge in [0, 0.05) is 11.6 Å². The van der Waals surface area contributed by atoms with Crippen LogP contribution in [0.3, 0.4) is 0 Å². The number of aliphatic carboxylic acids is 1. The van der Waals surface area contributed by atoms with E-state index in [1.165, 1.54) is 12.1 Å². The van der Waals surface area contributed by atoms with Crippen LogP contribution in [0.1, 0.15) is 36.4 Å². The summed E-state index contributed by atoms with van der Waals surface area (Å²) >= 11 is 12.1. The number of carboxylic acid groups (broad SMARTS) is 1. The van der Waals surface area contributed by atoms with Crippen LogP contribution < -0.4 is 0 Å². The Morgan fingerprint density at radius 2 is 1.88 bits per heavy atom. The number of carboxylic acids is 1. The molecule has 2 aromatic carbocycles. The van der Waals surface area contributed by atoms with Gasteiger partial charge in [-0.2, -0.15) is 0 Å². The van der Waals surface area contributed by atoms with Gasteiger partial charge in [-0.05, 0) is 43.1 Å². The molecule has 0 aromatic heterocycles. The molecule has 0 aliphatic carbocycles. The molecule has 1 saturated heterocycles. The van der Waals surface area contributed by atoms with Gasteiger partial charge in [0.2, 0.25) is 0 Å². The van der Waals surface area contributed by atoms with Gasteiger partial charge in [-0.1, -0.05) is 41.8 Å². The molecule has 2 aromatic rings. The fourth-order valence-electron chi connectivity index (χ4n) is 3.48. The van der Waals surface area contributed by atoms with Gasteiger partial charge in [0.15, 0.2) is 0 Å². The second-order valence-corrected chi connectivity index (χ2v) is 7.14. The van der Waals surface area contributed by atoms with Crippen molar-refractivity contribution >= 4 is 29.2 Å². The second-order valence-electron chi connectivity index (χ2n) is 6.33. The number of carbonyl (C=O) groups is 1. The van der Waals surface area contributed by atoms with Crippen LogP contribution in [-0.4, -0.2) is 28.6 Å². The van der Waals surface area contributed by atoms with Crippen molar-refractivity contribution < 1.29 is 18.7 Å². The minimum Gasteiger partial charge on any atom is -0.480 e. The van der Waals surface area contributed by atoms with E-state index in [1.807, 2.05) is 0 Å². The molecule has 3 nitrogen and oxygen atoms in total. The van der Waals surface area contributed by atoms with Crippen LogP contribution in [-0.2, 0) is 4.79 Å². The summed E-state index contributed by atoms with van der Waals surface area (Å²) in [6.07, 6.45) is 2.05. The lowest BCUT2D eigenvalue weighted by Gasteiger charge is -2.39. The summed E-state index contributed by atoms with van der Waals surface area (Å²) in [4.78, 5) is 13.5. The fourth-order valence-corrected chi connectivity index (χ4v) is 3.79. The minimum atomic E-state index is -0.961. The van der Waals surface area contributed by atoms with Crippen molar-refractivity contribution in [3.05, 3.63) is 69.2 Å². The Hall–Kier alpha value is -1.69. The average molecular weight is 400 g/mol. The van der Waals surface area contributed by atoms with Gasteiger partial charge in [0.05, 0.1) is 16.1 Å². The third-order valence-corrected chi connectivity index (χ3v) is 5.42. The van der Waals surface area contributed by atoms with E-state index in [0.29, 0.717) is 28.6 Å². The molecule has 1 aliphatic heterocycles. The minimum absolute atomic E-state index is 0.206. The van der Waals surface area contributed by atoms with Crippen LogP contribution in [0.4, 0.5) is 8.78 Å². The van der Waals surface area contributed by atoms with Crippen molar-refractivity contribution in [3.63, 3.8) is 0 Å². The summed E-state index contributed by atoms with van der Waals surface area (Å²) in [5.74, 6) is -2.37. The lowest BCUT2D eigenvalue weighted by Crippen LogP contribution is -2.47. The normalized spacial score (nSPS) is 19.3. The summed E-state index contributed by atoms with van der Waals surface area (Å²) < 4.78 is 28.0. The molecule has 2 atom stereocenters. The first kappa shape index (κ1) is 19.1. The molecule has 0 radical (unpaired) electrons. The van der Waals surface area contributed by atoms with Crippen LogP contribution in [0.15, 0.2) is 36.4 Å². The predicted molar refractivity (Wildman–Crippen MR) is 96.6 cm³/mol. The molecule has 0 amide bonds. The van der Waals surface area contributed by atoms with E-state index in [1.54, 1.807) is 23.1 Å². The van der Waals surface area contributed by atoms with E-state index in [-0.39, 0.29) is 5.56 Å². The predicted octanol–water partition coefficient (Wildman–Crippen LogP) is 5.30. The first-order chi connectivity index (χ1) is 12.4. The lowest BCUT2D eigenvalue weighted by molar-refractivity contribution is -0.145. The topological polar surface area (TPSA) is 40.5 Å². The van der Waals surface area contributed by atoms with E-state index < -0.39 is 29.7 Å². The van der Waals surface area contributed by atoms with Crippen molar-refractivity contribution in [2.45, 2.75) is 31.3 Å². The molecule has 3 rings (SSSR count). The summed E-state index contributed by atoms with van der Waals surface area (Å²) in [5, 5.41) is 10.3. The number of rotatable bonds is 4. The molecule has 0 spiro atoms. The quantitative estimate of drug-likeness (QED) is 0.757. The van der Waals surface area contributed by atoms with E-state index >= 15 is 0 Å². The second kappa shape index (κ2) is 7.91. The highest BCUT2D eigenvalue weighted by Crippen LogP contribution is 2.37. The number of piperidine rings is 1. The molecule has 1 fully saturated rings. The van der Waals surface area contributed by atoms with Crippen molar-refractivity contribution in [2.75, 3.05) is 6.54 Å². The molecule has 7 heteroatoms. The first-order valence-corrected chi connectivity index (χ1v) is 9.02. The Kier molecular flexibility index (Phi) is 5.80. The first-order valence-electron chi connectivity index (χ1n) is 8.27. The van der Waals surface area contributed by atoms with Crippen molar-refractivity contribution in [2.24, 2.45) is 0 Å². The Balaban J connectivity index is 2.14. The number of halogens is 4. The van der Waals surface area contributed by atoms with Gasteiger partial charge in [-0.25, -0.2) is 8.78 Å². The van der Waals surface area contributed by atoms with Crippen LogP contribution in [0.5, 0.6) is 0 Å². The summed E-state index contributed by atoms with van der Waals surface area (Å²) in [6, 6.07) is 6.75. The number of hydrogen-bond donors (Lipinski definition) is 1. The summed E-state index contributed by atoms with van der Waals surface area (Å²) in [6.45, 7) is 0.485. The zero-order valence-corrected chi connectivity index (χ0v) is 15.3. The highest BCUT2D eigenvalue weighted by molar-refractivity contribution is 6.42. The molecule has 0 saturated carbocycles. The van der Waals surface area contributed by atoms with E-state index in [9.17, 15) is 18.7 Å². The zero-order valence-electron chi connectivity index (χ0n) is 13.8. The van der Waals surface area contributed by atoms with E-state index in [4.69, 9.17) is 23.2 Å². The van der Waals surface area contributed by atoms with Crippen molar-refractivity contribution in [1.29, 1.82) is 0 Å². The molecule has 0 bridgehead atoms. The molecule has 1 N–H and O–H groups in total. The van der Waals surface area contributed by atoms with E-state index in [2.05, 4.69) is 0 Å². The fraction of sp³-hybridized carbons (Fsp3) is 0.316. The van der Waals surface area contributed by atoms with Gasteiger partial charge < -0.3 is 5.11 Å². The summed E-state index contributed by atoms with van der Waals surface area (Å²) in [5.41, 5.74) is 0.816. The van der Waals surface area contributed by atoms with Gasteiger partial charge in [0.25, 0.3) is 0 Å². The van der Waals surface area contributed by atoms with Crippen molar-refractivity contribution in [1.82, 2.24) is 4.90 Å². The molecule has 1 heterocycles. The van der Waals surface area contributed by atoms with Gasteiger partial charge in [0.1, 0.15) is 17.7 Å². The molecule has 2 unspecified atom stereocenters. The molecule has 26 heavy (non-hydrogen) atoms.